The number of hydrogen-bond donors (Lipinski definition) is 0. The third-order valence-corrected chi connectivity index (χ3v) is 6.96. The minimum absolute atomic E-state index is 0.326. The molecule has 1 heteroatoms. The molecule has 0 radical (unpaired) electrons. The van der Waals surface area contributed by atoms with Gasteiger partial charge in [-0.15, -0.1) is 0 Å². The van der Waals surface area contributed by atoms with Crippen molar-refractivity contribution in [2.45, 2.75) is 78.6 Å². The molecule has 0 amide bonds. The van der Waals surface area contributed by atoms with Crippen LogP contribution in [0.3, 0.4) is 0 Å². The zero-order chi connectivity index (χ0) is 14.3. The number of carbonyl (C=O) groups is 1. The zero-order valence-electron chi connectivity index (χ0n) is 13.7. The number of ketones is 1. The van der Waals surface area contributed by atoms with Crippen molar-refractivity contribution in [2.24, 2.45) is 35.0 Å². The first-order valence-corrected chi connectivity index (χ1v) is 9.11. The van der Waals surface area contributed by atoms with Gasteiger partial charge in [-0.25, -0.2) is 0 Å². The lowest BCUT2D eigenvalue weighted by Gasteiger charge is -2.59. The fraction of sp³-hybridized carbons (Fsp3) is 0.947. The van der Waals surface area contributed by atoms with Gasteiger partial charge in [0.2, 0.25) is 0 Å². The Morgan fingerprint density at radius 3 is 1.95 bits per heavy atom. The van der Waals surface area contributed by atoms with Crippen molar-refractivity contribution >= 4 is 5.78 Å². The molecule has 0 aliphatic heterocycles. The summed E-state index contributed by atoms with van der Waals surface area (Å²) in [7, 11) is 0. The quantitative estimate of drug-likeness (QED) is 0.649. The fourth-order valence-corrected chi connectivity index (χ4v) is 6.26. The molecule has 0 saturated heterocycles. The highest BCUT2D eigenvalue weighted by atomic mass is 16.1. The Hall–Kier alpha value is -0.330. The average Bonchev–Trinajstić information content (AvgIpc) is 2.41. The van der Waals surface area contributed by atoms with E-state index >= 15 is 0 Å². The summed E-state index contributed by atoms with van der Waals surface area (Å²) in [6.07, 6.45) is 11.8. The lowest BCUT2D eigenvalue weighted by molar-refractivity contribution is -0.141. The molecule has 0 N–H and O–H groups in total. The lowest BCUT2D eigenvalue weighted by Crippen LogP contribution is -2.51. The van der Waals surface area contributed by atoms with E-state index in [1.54, 1.807) is 0 Å². The van der Waals surface area contributed by atoms with Crippen LogP contribution in [0.15, 0.2) is 0 Å². The summed E-state index contributed by atoms with van der Waals surface area (Å²) in [6, 6.07) is 0. The van der Waals surface area contributed by atoms with E-state index in [-0.39, 0.29) is 0 Å². The van der Waals surface area contributed by atoms with Crippen LogP contribution in [-0.4, -0.2) is 5.78 Å². The molecule has 0 aromatic carbocycles. The Bertz CT molecular complexity index is 335. The predicted octanol–water partition coefficient (Wildman–Crippen LogP) is 5.23. The fourth-order valence-electron chi connectivity index (χ4n) is 6.26. The molecule has 114 valence electrons. The van der Waals surface area contributed by atoms with Crippen molar-refractivity contribution in [3.05, 3.63) is 0 Å². The van der Waals surface area contributed by atoms with Crippen LogP contribution >= 0.6 is 0 Å². The first-order chi connectivity index (χ1) is 9.58. The van der Waals surface area contributed by atoms with Crippen LogP contribution in [0.4, 0.5) is 0 Å². The van der Waals surface area contributed by atoms with Crippen LogP contribution in [0.5, 0.6) is 0 Å². The summed E-state index contributed by atoms with van der Waals surface area (Å²) in [5, 5.41) is 0. The monoisotopic (exact) mass is 276 g/mol. The van der Waals surface area contributed by atoms with Gasteiger partial charge in [-0.2, -0.15) is 0 Å². The number of rotatable bonds is 6. The Labute approximate surface area is 124 Å². The lowest BCUT2D eigenvalue weighted by atomic mass is 9.46. The summed E-state index contributed by atoms with van der Waals surface area (Å²) in [6.45, 7) is 6.70. The summed E-state index contributed by atoms with van der Waals surface area (Å²) in [5.41, 5.74) is 0.410. The van der Waals surface area contributed by atoms with Crippen LogP contribution in [0.25, 0.3) is 0 Å². The van der Waals surface area contributed by atoms with Gasteiger partial charge in [-0.05, 0) is 74.5 Å². The zero-order valence-corrected chi connectivity index (χ0v) is 13.7. The molecule has 4 rings (SSSR count). The van der Waals surface area contributed by atoms with Crippen molar-refractivity contribution in [3.8, 4) is 0 Å². The molecule has 0 heterocycles. The Kier molecular flexibility index (Phi) is 3.99. The van der Waals surface area contributed by atoms with Gasteiger partial charge in [0, 0.05) is 11.8 Å². The first kappa shape index (κ1) is 14.6. The third-order valence-electron chi connectivity index (χ3n) is 6.96. The summed E-state index contributed by atoms with van der Waals surface area (Å²) in [5.74, 6) is 4.15. The van der Waals surface area contributed by atoms with Crippen molar-refractivity contribution in [3.63, 3.8) is 0 Å². The number of Topliss-reactive ketones (excluding diaryl/α,β-unsaturated/α-hetero) is 1. The predicted molar refractivity (Wildman–Crippen MR) is 83.5 cm³/mol. The van der Waals surface area contributed by atoms with E-state index in [1.807, 2.05) is 0 Å². The van der Waals surface area contributed by atoms with Crippen molar-refractivity contribution in [1.29, 1.82) is 0 Å². The molecule has 4 aliphatic rings. The highest BCUT2D eigenvalue weighted by Gasteiger charge is 2.54. The number of hydrogen-bond acceptors (Lipinski definition) is 1. The summed E-state index contributed by atoms with van der Waals surface area (Å²) < 4.78 is 0. The smallest absolute Gasteiger partial charge is 0.139 e. The van der Waals surface area contributed by atoms with Gasteiger partial charge in [0.25, 0.3) is 0 Å². The van der Waals surface area contributed by atoms with Crippen LogP contribution < -0.4 is 0 Å². The van der Waals surface area contributed by atoms with Crippen LogP contribution in [0.1, 0.15) is 78.6 Å². The van der Waals surface area contributed by atoms with Gasteiger partial charge in [-0.1, -0.05) is 27.2 Å². The summed E-state index contributed by atoms with van der Waals surface area (Å²) >= 11 is 0. The maximum atomic E-state index is 13.0. The maximum absolute atomic E-state index is 13.0. The van der Waals surface area contributed by atoms with E-state index in [1.165, 1.54) is 38.5 Å². The molecule has 20 heavy (non-hydrogen) atoms. The molecule has 4 fully saturated rings. The van der Waals surface area contributed by atoms with Gasteiger partial charge >= 0.3 is 0 Å². The van der Waals surface area contributed by atoms with Crippen molar-refractivity contribution in [1.82, 2.24) is 0 Å². The van der Waals surface area contributed by atoms with E-state index in [0.29, 0.717) is 23.0 Å². The second-order valence-corrected chi connectivity index (χ2v) is 8.30. The van der Waals surface area contributed by atoms with Gasteiger partial charge in [-0.3, -0.25) is 4.79 Å². The van der Waals surface area contributed by atoms with Gasteiger partial charge < -0.3 is 0 Å². The highest BCUT2D eigenvalue weighted by molar-refractivity contribution is 5.84. The van der Waals surface area contributed by atoms with Crippen molar-refractivity contribution in [2.75, 3.05) is 0 Å². The minimum Gasteiger partial charge on any atom is -0.299 e. The Morgan fingerprint density at radius 1 is 1.05 bits per heavy atom. The molecular formula is C19H32O. The van der Waals surface area contributed by atoms with Crippen LogP contribution in [0.2, 0.25) is 0 Å². The highest BCUT2D eigenvalue weighted by Crippen LogP contribution is 2.63. The van der Waals surface area contributed by atoms with E-state index in [2.05, 4.69) is 20.8 Å². The molecule has 4 bridgehead atoms. The van der Waals surface area contributed by atoms with Gasteiger partial charge in [0.1, 0.15) is 5.78 Å². The molecule has 4 saturated carbocycles. The number of carbonyl (C=O) groups excluding carboxylic acids is 1. The van der Waals surface area contributed by atoms with Crippen LogP contribution in [-0.2, 0) is 4.79 Å². The average molecular weight is 276 g/mol. The topological polar surface area (TPSA) is 17.1 Å². The molecular weight excluding hydrogens is 244 g/mol. The minimum atomic E-state index is 0.326. The van der Waals surface area contributed by atoms with E-state index in [9.17, 15) is 4.79 Å². The first-order valence-electron chi connectivity index (χ1n) is 9.11. The SMILES string of the molecule is CCCC(CC)C(=O)C(C)C12CC3CC(CC(C3)C1)C2. The maximum Gasteiger partial charge on any atom is 0.139 e. The van der Waals surface area contributed by atoms with Crippen molar-refractivity contribution < 1.29 is 4.79 Å². The third kappa shape index (κ3) is 2.35. The molecule has 4 aliphatic carbocycles. The standard InChI is InChI=1S/C19H32O/c1-4-6-17(5-2)18(20)13(3)19-10-14-7-15(11-19)9-16(8-14)12-19/h13-17H,4-12H2,1-3H3. The largest absolute Gasteiger partial charge is 0.299 e. The molecule has 0 aromatic heterocycles. The Balaban J connectivity index is 1.76. The normalized spacial score (nSPS) is 41.6. The summed E-state index contributed by atoms with van der Waals surface area (Å²) in [4.78, 5) is 13.0. The molecule has 2 unspecified atom stereocenters. The van der Waals surface area contributed by atoms with E-state index in [4.69, 9.17) is 0 Å². The molecule has 0 spiro atoms. The van der Waals surface area contributed by atoms with E-state index in [0.717, 1.165) is 37.0 Å². The van der Waals surface area contributed by atoms with Gasteiger partial charge in [0.05, 0.1) is 0 Å². The Morgan fingerprint density at radius 2 is 1.55 bits per heavy atom. The molecule has 0 aromatic rings. The van der Waals surface area contributed by atoms with Gasteiger partial charge in [0.15, 0.2) is 0 Å². The molecule has 2 atom stereocenters. The second kappa shape index (κ2) is 5.46. The second-order valence-electron chi connectivity index (χ2n) is 8.30. The van der Waals surface area contributed by atoms with Crippen LogP contribution in [0, 0.1) is 35.0 Å². The molecule has 1 nitrogen and oxygen atoms in total. The van der Waals surface area contributed by atoms with E-state index < -0.39 is 0 Å².